The van der Waals surface area contributed by atoms with E-state index in [4.69, 9.17) is 10.5 Å². The van der Waals surface area contributed by atoms with E-state index in [0.717, 1.165) is 5.56 Å². The van der Waals surface area contributed by atoms with E-state index >= 15 is 0 Å². The molecule has 120 valence electrons. The van der Waals surface area contributed by atoms with Gasteiger partial charge in [-0.25, -0.2) is 4.79 Å². The second-order valence-electron chi connectivity index (χ2n) is 5.59. The van der Waals surface area contributed by atoms with E-state index in [0.29, 0.717) is 25.7 Å². The lowest BCUT2D eigenvalue weighted by atomic mass is 9.99. The number of amides is 3. The fourth-order valence-corrected chi connectivity index (χ4v) is 2.37. The first-order valence-electron chi connectivity index (χ1n) is 7.54. The minimum atomic E-state index is -0.608. The van der Waals surface area contributed by atoms with Gasteiger partial charge in [0.15, 0.2) is 0 Å². The number of nitrogens with zero attached hydrogens (tertiary/aromatic N) is 1. The summed E-state index contributed by atoms with van der Waals surface area (Å²) < 4.78 is 5.23. The van der Waals surface area contributed by atoms with Crippen molar-refractivity contribution in [3.63, 3.8) is 0 Å². The molecule has 1 atom stereocenters. The molecule has 3 N–H and O–H groups in total. The standard InChI is InChI=1S/C16H23N3O3/c1-11(2)12-3-5-13(6-4-12)14-15(20)19(16(21)18-14)8-10-22-9-7-17/h3-6,11,14H,7-10,17H2,1-2H3,(H,18,21). The van der Waals surface area contributed by atoms with E-state index in [1.54, 1.807) is 0 Å². The van der Waals surface area contributed by atoms with Gasteiger partial charge >= 0.3 is 6.03 Å². The number of nitrogens with two attached hydrogens (primary N) is 1. The Morgan fingerprint density at radius 1 is 1.23 bits per heavy atom. The molecule has 1 heterocycles. The minimum Gasteiger partial charge on any atom is -0.378 e. The Balaban J connectivity index is 2.01. The lowest BCUT2D eigenvalue weighted by Crippen LogP contribution is -2.34. The van der Waals surface area contributed by atoms with E-state index in [2.05, 4.69) is 19.2 Å². The molecule has 0 bridgehead atoms. The Bertz CT molecular complexity index is 528. The van der Waals surface area contributed by atoms with Crippen molar-refractivity contribution in [1.82, 2.24) is 10.2 Å². The molecule has 1 aliphatic heterocycles. The first-order valence-corrected chi connectivity index (χ1v) is 7.54. The van der Waals surface area contributed by atoms with Crippen LogP contribution in [-0.4, -0.2) is 43.1 Å². The molecule has 1 fully saturated rings. The first-order chi connectivity index (χ1) is 10.5. The van der Waals surface area contributed by atoms with Crippen LogP contribution in [0.25, 0.3) is 0 Å². The number of hydrogen-bond acceptors (Lipinski definition) is 4. The van der Waals surface area contributed by atoms with Gasteiger partial charge in [0, 0.05) is 6.54 Å². The molecule has 1 aromatic rings. The largest absolute Gasteiger partial charge is 0.378 e. The number of nitrogens with one attached hydrogen (secondary N) is 1. The van der Waals surface area contributed by atoms with Gasteiger partial charge < -0.3 is 15.8 Å². The number of urea groups is 1. The lowest BCUT2D eigenvalue weighted by molar-refractivity contribution is -0.128. The first kappa shape index (κ1) is 16.5. The van der Waals surface area contributed by atoms with Crippen molar-refractivity contribution in [2.45, 2.75) is 25.8 Å². The van der Waals surface area contributed by atoms with Gasteiger partial charge in [-0.15, -0.1) is 0 Å². The lowest BCUT2D eigenvalue weighted by Gasteiger charge is -2.13. The second kappa shape index (κ2) is 7.38. The van der Waals surface area contributed by atoms with Gasteiger partial charge in [-0.05, 0) is 17.0 Å². The van der Waals surface area contributed by atoms with Crippen LogP contribution in [0.4, 0.5) is 4.79 Å². The molecule has 22 heavy (non-hydrogen) atoms. The third-order valence-electron chi connectivity index (χ3n) is 3.68. The Morgan fingerprint density at radius 2 is 1.91 bits per heavy atom. The van der Waals surface area contributed by atoms with Gasteiger partial charge in [-0.2, -0.15) is 0 Å². The zero-order chi connectivity index (χ0) is 16.1. The van der Waals surface area contributed by atoms with E-state index in [1.165, 1.54) is 10.5 Å². The quantitative estimate of drug-likeness (QED) is 0.589. The molecule has 2 rings (SSSR count). The smallest absolute Gasteiger partial charge is 0.325 e. The molecule has 0 aromatic heterocycles. The fraction of sp³-hybridized carbons (Fsp3) is 0.500. The van der Waals surface area contributed by atoms with Crippen LogP contribution in [0.1, 0.15) is 36.9 Å². The van der Waals surface area contributed by atoms with Crippen LogP contribution in [0.3, 0.4) is 0 Å². The van der Waals surface area contributed by atoms with Gasteiger partial charge in [0.1, 0.15) is 6.04 Å². The fourth-order valence-electron chi connectivity index (χ4n) is 2.37. The maximum Gasteiger partial charge on any atom is 0.325 e. The number of carbonyl (C=O) groups is 2. The molecular formula is C16H23N3O3. The van der Waals surface area contributed by atoms with Gasteiger partial charge in [-0.1, -0.05) is 38.1 Å². The molecular weight excluding hydrogens is 282 g/mol. The summed E-state index contributed by atoms with van der Waals surface area (Å²) in [5, 5.41) is 2.72. The highest BCUT2D eigenvalue weighted by molar-refractivity contribution is 6.04. The molecule has 0 aliphatic carbocycles. The molecule has 1 aromatic carbocycles. The highest BCUT2D eigenvalue weighted by atomic mass is 16.5. The van der Waals surface area contributed by atoms with Crippen molar-refractivity contribution >= 4 is 11.9 Å². The molecule has 0 radical (unpaired) electrons. The SMILES string of the molecule is CC(C)c1ccc(C2NC(=O)N(CCOCCN)C2=O)cc1. The summed E-state index contributed by atoms with van der Waals surface area (Å²) in [5.74, 6) is 0.192. The maximum atomic E-state index is 12.4. The number of rotatable bonds is 7. The summed E-state index contributed by atoms with van der Waals surface area (Å²) in [5.41, 5.74) is 7.32. The van der Waals surface area contributed by atoms with Gasteiger partial charge in [0.25, 0.3) is 5.91 Å². The van der Waals surface area contributed by atoms with Crippen molar-refractivity contribution in [3.8, 4) is 0 Å². The van der Waals surface area contributed by atoms with Crippen LogP contribution < -0.4 is 11.1 Å². The zero-order valence-electron chi connectivity index (χ0n) is 13.0. The van der Waals surface area contributed by atoms with E-state index in [-0.39, 0.29) is 18.5 Å². The van der Waals surface area contributed by atoms with Gasteiger partial charge in [-0.3, -0.25) is 9.69 Å². The molecule has 1 unspecified atom stereocenters. The van der Waals surface area contributed by atoms with E-state index in [1.807, 2.05) is 24.3 Å². The number of imide groups is 1. The molecule has 1 saturated heterocycles. The summed E-state index contributed by atoms with van der Waals surface area (Å²) in [6.45, 7) is 5.61. The molecule has 6 heteroatoms. The Kier molecular flexibility index (Phi) is 5.51. The predicted octanol–water partition coefficient (Wildman–Crippen LogP) is 1.38. The van der Waals surface area contributed by atoms with Gasteiger partial charge in [0.2, 0.25) is 0 Å². The average Bonchev–Trinajstić information content (AvgIpc) is 2.79. The van der Waals surface area contributed by atoms with Crippen LogP contribution in [0, 0.1) is 0 Å². The third-order valence-corrected chi connectivity index (χ3v) is 3.68. The van der Waals surface area contributed by atoms with Crippen molar-refractivity contribution in [3.05, 3.63) is 35.4 Å². The van der Waals surface area contributed by atoms with Crippen molar-refractivity contribution < 1.29 is 14.3 Å². The van der Waals surface area contributed by atoms with Crippen LogP contribution >= 0.6 is 0 Å². The summed E-state index contributed by atoms with van der Waals surface area (Å²) in [6, 6.07) is 6.79. The van der Waals surface area contributed by atoms with E-state index < -0.39 is 6.04 Å². The highest BCUT2D eigenvalue weighted by Gasteiger charge is 2.38. The van der Waals surface area contributed by atoms with Crippen molar-refractivity contribution in [2.24, 2.45) is 5.73 Å². The average molecular weight is 305 g/mol. The van der Waals surface area contributed by atoms with Crippen LogP contribution in [-0.2, 0) is 9.53 Å². The van der Waals surface area contributed by atoms with Crippen molar-refractivity contribution in [2.75, 3.05) is 26.3 Å². The van der Waals surface area contributed by atoms with Crippen LogP contribution in [0.15, 0.2) is 24.3 Å². The maximum absolute atomic E-state index is 12.4. The monoisotopic (exact) mass is 305 g/mol. The molecule has 0 saturated carbocycles. The van der Waals surface area contributed by atoms with E-state index in [9.17, 15) is 9.59 Å². The Hall–Kier alpha value is -1.92. The summed E-state index contributed by atoms with van der Waals surface area (Å²) in [6.07, 6.45) is 0. The second-order valence-corrected chi connectivity index (χ2v) is 5.59. The number of carbonyl (C=O) groups excluding carboxylic acids is 2. The number of ether oxygens (including phenoxy) is 1. The number of benzene rings is 1. The summed E-state index contributed by atoms with van der Waals surface area (Å²) in [7, 11) is 0. The third kappa shape index (κ3) is 3.64. The number of hydrogen-bond donors (Lipinski definition) is 2. The minimum absolute atomic E-state index is 0.237. The molecule has 1 aliphatic rings. The topological polar surface area (TPSA) is 84.7 Å². The van der Waals surface area contributed by atoms with Crippen LogP contribution in [0.2, 0.25) is 0 Å². The van der Waals surface area contributed by atoms with Gasteiger partial charge in [0.05, 0.1) is 19.8 Å². The molecule has 6 nitrogen and oxygen atoms in total. The van der Waals surface area contributed by atoms with Crippen molar-refractivity contribution in [1.29, 1.82) is 0 Å². The highest BCUT2D eigenvalue weighted by Crippen LogP contribution is 2.23. The Morgan fingerprint density at radius 3 is 2.50 bits per heavy atom. The normalized spacial score (nSPS) is 18.2. The van der Waals surface area contributed by atoms with Crippen LogP contribution in [0.5, 0.6) is 0 Å². The summed E-state index contributed by atoms with van der Waals surface area (Å²) in [4.78, 5) is 25.5. The Labute approximate surface area is 130 Å². The molecule has 0 spiro atoms. The zero-order valence-corrected chi connectivity index (χ0v) is 13.0. The molecule has 3 amide bonds. The predicted molar refractivity (Wildman–Crippen MR) is 83.4 cm³/mol. The summed E-state index contributed by atoms with van der Waals surface area (Å²) >= 11 is 0.